The highest BCUT2D eigenvalue weighted by Gasteiger charge is 2.15. The number of carbonyl (C=O) groups is 1. The van der Waals surface area contributed by atoms with Gasteiger partial charge in [-0.3, -0.25) is 4.79 Å². The minimum absolute atomic E-state index is 0.202. The van der Waals surface area contributed by atoms with E-state index in [2.05, 4.69) is 19.2 Å². The summed E-state index contributed by atoms with van der Waals surface area (Å²) in [5, 5.41) is 2.80. The molecular weight excluding hydrogens is 271 g/mol. The third-order valence-electron chi connectivity index (χ3n) is 3.17. The molecule has 0 aliphatic heterocycles. The number of halogens is 1. The van der Waals surface area contributed by atoms with E-state index in [-0.39, 0.29) is 11.9 Å². The van der Waals surface area contributed by atoms with Crippen molar-refractivity contribution in [3.63, 3.8) is 0 Å². The van der Waals surface area contributed by atoms with Crippen LogP contribution < -0.4 is 15.8 Å². The van der Waals surface area contributed by atoms with Crippen LogP contribution in [0.15, 0.2) is 18.2 Å². The number of benzene rings is 1. The van der Waals surface area contributed by atoms with Crippen molar-refractivity contribution in [1.82, 2.24) is 5.32 Å². The maximum atomic E-state index is 13.8. The number of nitrogens with two attached hydrogens (primary N) is 1. The molecule has 2 atom stereocenters. The predicted octanol–water partition coefficient (Wildman–Crippen LogP) is 2.78. The first-order chi connectivity index (χ1) is 9.81. The molecule has 0 spiro atoms. The fourth-order valence-electron chi connectivity index (χ4n) is 1.84. The topological polar surface area (TPSA) is 64.3 Å². The monoisotopic (exact) mass is 296 g/mol. The molecule has 0 saturated heterocycles. The number of hydrogen-bond acceptors (Lipinski definition) is 3. The van der Waals surface area contributed by atoms with Gasteiger partial charge < -0.3 is 15.8 Å². The Morgan fingerprint density at radius 1 is 1.33 bits per heavy atom. The fraction of sp³-hybridized carbons (Fsp3) is 0.562. The Bertz CT molecular complexity index is 475. The summed E-state index contributed by atoms with van der Waals surface area (Å²) in [7, 11) is 0. The zero-order valence-electron chi connectivity index (χ0n) is 13.2. The number of ether oxygens (including phenoxy) is 1. The van der Waals surface area contributed by atoms with E-state index in [4.69, 9.17) is 10.5 Å². The van der Waals surface area contributed by atoms with Crippen molar-refractivity contribution in [3.8, 4) is 5.75 Å². The number of carbonyl (C=O) groups excluding carboxylic acids is 1. The van der Waals surface area contributed by atoms with Gasteiger partial charge in [0.15, 0.2) is 6.10 Å². The lowest BCUT2D eigenvalue weighted by atomic mass is 10.1. The van der Waals surface area contributed by atoms with Crippen molar-refractivity contribution in [2.45, 2.75) is 46.3 Å². The third kappa shape index (κ3) is 5.71. The summed E-state index contributed by atoms with van der Waals surface area (Å²) in [6.07, 6.45) is 0.244. The number of nitrogens with one attached hydrogen (secondary N) is 1. The molecule has 0 radical (unpaired) electrons. The minimum atomic E-state index is -0.669. The number of rotatable bonds is 7. The van der Waals surface area contributed by atoms with E-state index in [0.717, 1.165) is 6.42 Å². The second-order valence-electron chi connectivity index (χ2n) is 5.71. The van der Waals surface area contributed by atoms with E-state index in [1.807, 2.05) is 0 Å². The highest BCUT2D eigenvalue weighted by molar-refractivity contribution is 5.80. The van der Waals surface area contributed by atoms with E-state index in [1.54, 1.807) is 26.0 Å². The van der Waals surface area contributed by atoms with Crippen molar-refractivity contribution < 1.29 is 13.9 Å². The van der Waals surface area contributed by atoms with Crippen LogP contribution in [0.3, 0.4) is 0 Å². The van der Waals surface area contributed by atoms with Crippen LogP contribution in [0.5, 0.6) is 5.75 Å². The first-order valence-corrected chi connectivity index (χ1v) is 7.30. The molecule has 2 unspecified atom stereocenters. The molecule has 3 N–H and O–H groups in total. The molecule has 0 aliphatic rings. The standard InChI is InChI=1S/C16H25FN2O2/c1-10(2)7-8-19-16(20)12(4)21-13-5-6-14(11(3)18)15(17)9-13/h5-6,9-12H,7-8,18H2,1-4H3,(H,19,20). The quantitative estimate of drug-likeness (QED) is 0.813. The number of amides is 1. The minimum Gasteiger partial charge on any atom is -0.481 e. The van der Waals surface area contributed by atoms with E-state index in [9.17, 15) is 9.18 Å². The molecule has 1 aromatic rings. The predicted molar refractivity (Wildman–Crippen MR) is 81.6 cm³/mol. The molecular formula is C16H25FN2O2. The molecule has 21 heavy (non-hydrogen) atoms. The summed E-state index contributed by atoms with van der Waals surface area (Å²) in [5.74, 6) is 0.229. The Kier molecular flexibility index (Phi) is 6.62. The average Bonchev–Trinajstić information content (AvgIpc) is 2.37. The summed E-state index contributed by atoms with van der Waals surface area (Å²) in [4.78, 5) is 11.8. The Labute approximate surface area is 125 Å². The van der Waals surface area contributed by atoms with Gasteiger partial charge in [-0.2, -0.15) is 0 Å². The summed E-state index contributed by atoms with van der Waals surface area (Å²) >= 11 is 0. The maximum Gasteiger partial charge on any atom is 0.260 e. The van der Waals surface area contributed by atoms with Gasteiger partial charge in [-0.25, -0.2) is 4.39 Å². The summed E-state index contributed by atoms with van der Waals surface area (Å²) in [6.45, 7) is 8.15. The van der Waals surface area contributed by atoms with Gasteiger partial charge in [-0.1, -0.05) is 19.9 Å². The highest BCUT2D eigenvalue weighted by Crippen LogP contribution is 2.21. The van der Waals surface area contributed by atoms with E-state index in [1.165, 1.54) is 6.07 Å². The van der Waals surface area contributed by atoms with Crippen LogP contribution in [0, 0.1) is 11.7 Å². The largest absolute Gasteiger partial charge is 0.481 e. The van der Waals surface area contributed by atoms with Gasteiger partial charge in [0.2, 0.25) is 0 Å². The van der Waals surface area contributed by atoms with Crippen molar-refractivity contribution in [1.29, 1.82) is 0 Å². The van der Waals surface area contributed by atoms with Crippen LogP contribution in [0.25, 0.3) is 0 Å². The first kappa shape index (κ1) is 17.4. The second kappa shape index (κ2) is 7.98. The lowest BCUT2D eigenvalue weighted by molar-refractivity contribution is -0.127. The summed E-state index contributed by atoms with van der Waals surface area (Å²) in [6, 6.07) is 4.09. The van der Waals surface area contributed by atoms with Crippen molar-refractivity contribution in [2.75, 3.05) is 6.54 Å². The molecule has 0 aliphatic carbocycles. The van der Waals surface area contributed by atoms with E-state index < -0.39 is 11.9 Å². The zero-order valence-corrected chi connectivity index (χ0v) is 13.2. The molecule has 1 amide bonds. The van der Waals surface area contributed by atoms with Crippen LogP contribution in [0.1, 0.15) is 45.7 Å². The van der Waals surface area contributed by atoms with Gasteiger partial charge >= 0.3 is 0 Å². The van der Waals surface area contributed by atoms with Gasteiger partial charge in [-0.05, 0) is 32.3 Å². The molecule has 1 rings (SSSR count). The molecule has 0 heterocycles. The molecule has 1 aromatic carbocycles. The van der Waals surface area contributed by atoms with Crippen LogP contribution in [-0.4, -0.2) is 18.6 Å². The molecule has 5 heteroatoms. The van der Waals surface area contributed by atoms with Gasteiger partial charge in [-0.15, -0.1) is 0 Å². The van der Waals surface area contributed by atoms with Crippen LogP contribution in [0.2, 0.25) is 0 Å². The summed E-state index contributed by atoms with van der Waals surface area (Å²) in [5.41, 5.74) is 6.08. The normalized spacial score (nSPS) is 13.9. The highest BCUT2D eigenvalue weighted by atomic mass is 19.1. The molecule has 0 aromatic heterocycles. The Morgan fingerprint density at radius 3 is 2.52 bits per heavy atom. The Balaban J connectivity index is 2.56. The van der Waals surface area contributed by atoms with Gasteiger partial charge in [0.05, 0.1) is 0 Å². The van der Waals surface area contributed by atoms with E-state index in [0.29, 0.717) is 23.8 Å². The van der Waals surface area contributed by atoms with Crippen LogP contribution >= 0.6 is 0 Å². The Hall–Kier alpha value is -1.62. The summed E-state index contributed by atoms with van der Waals surface area (Å²) < 4.78 is 19.2. The number of hydrogen-bond donors (Lipinski definition) is 2. The van der Waals surface area contributed by atoms with Crippen LogP contribution in [0.4, 0.5) is 4.39 Å². The molecule has 0 bridgehead atoms. The molecule has 0 saturated carbocycles. The third-order valence-corrected chi connectivity index (χ3v) is 3.17. The van der Waals surface area contributed by atoms with Gasteiger partial charge in [0.1, 0.15) is 11.6 Å². The van der Waals surface area contributed by atoms with Crippen molar-refractivity contribution in [3.05, 3.63) is 29.6 Å². The van der Waals surface area contributed by atoms with Crippen LogP contribution in [-0.2, 0) is 4.79 Å². The fourth-order valence-corrected chi connectivity index (χ4v) is 1.84. The second-order valence-corrected chi connectivity index (χ2v) is 5.71. The van der Waals surface area contributed by atoms with Gasteiger partial charge in [0, 0.05) is 24.2 Å². The van der Waals surface area contributed by atoms with Gasteiger partial charge in [0.25, 0.3) is 5.91 Å². The van der Waals surface area contributed by atoms with E-state index >= 15 is 0 Å². The van der Waals surface area contributed by atoms with Crippen molar-refractivity contribution in [2.24, 2.45) is 11.7 Å². The smallest absolute Gasteiger partial charge is 0.260 e. The molecule has 0 fully saturated rings. The average molecular weight is 296 g/mol. The lowest BCUT2D eigenvalue weighted by Gasteiger charge is -2.16. The maximum absolute atomic E-state index is 13.8. The first-order valence-electron chi connectivity index (χ1n) is 7.30. The molecule has 4 nitrogen and oxygen atoms in total. The molecule has 118 valence electrons. The van der Waals surface area contributed by atoms with Crippen molar-refractivity contribution >= 4 is 5.91 Å². The lowest BCUT2D eigenvalue weighted by Crippen LogP contribution is -2.37. The SMILES string of the molecule is CC(C)CCNC(=O)C(C)Oc1ccc(C(C)N)c(F)c1. The zero-order chi connectivity index (χ0) is 16.0. The Morgan fingerprint density at radius 2 is 2.00 bits per heavy atom.